The summed E-state index contributed by atoms with van der Waals surface area (Å²) >= 11 is 0. The van der Waals surface area contributed by atoms with Crippen molar-refractivity contribution >= 4 is 22.4 Å². The zero-order valence-electron chi connectivity index (χ0n) is 11.0. The van der Waals surface area contributed by atoms with Crippen molar-refractivity contribution < 1.29 is 13.2 Å². The van der Waals surface area contributed by atoms with Crippen LogP contribution in [-0.4, -0.2) is 56.9 Å². The molecule has 3 unspecified atom stereocenters. The smallest absolute Gasteiger partial charge is 0.219 e. The van der Waals surface area contributed by atoms with E-state index in [-0.39, 0.29) is 19.0 Å². The quantitative estimate of drug-likeness (QED) is 0.826. The third kappa shape index (κ3) is 3.36. The van der Waals surface area contributed by atoms with Gasteiger partial charge < -0.3 is 10.1 Å². The van der Waals surface area contributed by atoms with E-state index < -0.39 is 15.3 Å². The van der Waals surface area contributed by atoms with Crippen LogP contribution in [0.25, 0.3) is 0 Å². The van der Waals surface area contributed by atoms with E-state index in [9.17, 15) is 8.42 Å². The fourth-order valence-corrected chi connectivity index (χ4v) is 4.28. The molecule has 1 N–H and O–H groups in total. The second-order valence-electron chi connectivity index (χ2n) is 5.10. The van der Waals surface area contributed by atoms with Gasteiger partial charge in [0.15, 0.2) is 0 Å². The average molecular weight is 299 g/mol. The number of hydrogen-bond donors (Lipinski definition) is 1. The summed E-state index contributed by atoms with van der Waals surface area (Å²) in [4.78, 5) is 0. The molecule has 0 aliphatic carbocycles. The first-order valence-electron chi connectivity index (χ1n) is 6.28. The Labute approximate surface area is 116 Å². The van der Waals surface area contributed by atoms with E-state index in [1.807, 2.05) is 0 Å². The monoisotopic (exact) mass is 298 g/mol. The van der Waals surface area contributed by atoms with Crippen molar-refractivity contribution in [1.29, 1.82) is 0 Å². The molecule has 2 aliphatic rings. The minimum absolute atomic E-state index is 0. The van der Waals surface area contributed by atoms with E-state index in [4.69, 9.17) is 4.74 Å². The fraction of sp³-hybridized carbons (Fsp3) is 1.00. The number of hydrogen-bond acceptors (Lipinski definition) is 4. The normalized spacial score (nSPS) is 30.6. The second kappa shape index (κ2) is 6.52. The van der Waals surface area contributed by atoms with Crippen LogP contribution in [0.5, 0.6) is 0 Å². The minimum Gasteiger partial charge on any atom is -0.383 e. The van der Waals surface area contributed by atoms with Crippen LogP contribution in [0.1, 0.15) is 26.2 Å². The zero-order chi connectivity index (χ0) is 12.5. The molecule has 0 spiro atoms. The van der Waals surface area contributed by atoms with Crippen LogP contribution in [0.2, 0.25) is 0 Å². The van der Waals surface area contributed by atoms with Crippen molar-refractivity contribution in [3.05, 3.63) is 0 Å². The molecule has 108 valence electrons. The van der Waals surface area contributed by atoms with Gasteiger partial charge in [-0.1, -0.05) is 0 Å². The Hall–Kier alpha value is 0.120. The Morgan fingerprint density at radius 3 is 2.67 bits per heavy atom. The molecule has 2 bridgehead atoms. The number of halogens is 1. The van der Waals surface area contributed by atoms with E-state index in [2.05, 4.69) is 5.32 Å². The molecule has 5 nitrogen and oxygen atoms in total. The highest BCUT2D eigenvalue weighted by Crippen LogP contribution is 2.23. The summed E-state index contributed by atoms with van der Waals surface area (Å²) in [6.45, 7) is 3.24. The molecule has 3 atom stereocenters. The molecular formula is C11H23ClN2O3S. The summed E-state index contributed by atoms with van der Waals surface area (Å²) in [5.74, 6) is 0. The van der Waals surface area contributed by atoms with Gasteiger partial charge >= 0.3 is 0 Å². The summed E-state index contributed by atoms with van der Waals surface area (Å²) in [5, 5.41) is 3.03. The number of rotatable bonds is 4. The van der Waals surface area contributed by atoms with Crippen molar-refractivity contribution in [2.75, 3.05) is 26.8 Å². The van der Waals surface area contributed by atoms with E-state index in [0.29, 0.717) is 25.2 Å². The predicted octanol–water partition coefficient (Wildman–Crippen LogP) is 0.599. The summed E-state index contributed by atoms with van der Waals surface area (Å²) in [5.41, 5.74) is 0. The topological polar surface area (TPSA) is 58.6 Å². The van der Waals surface area contributed by atoms with Crippen molar-refractivity contribution in [1.82, 2.24) is 9.62 Å². The van der Waals surface area contributed by atoms with Crippen molar-refractivity contribution in [3.63, 3.8) is 0 Å². The number of ether oxygens (including phenoxy) is 1. The minimum atomic E-state index is -3.20. The SMILES string of the molecule is COCC(C)S(=O)(=O)N1CCC2CCC(C1)N2.Cl. The summed E-state index contributed by atoms with van der Waals surface area (Å²) < 4.78 is 31.2. The molecular weight excluding hydrogens is 276 g/mol. The molecule has 18 heavy (non-hydrogen) atoms. The van der Waals surface area contributed by atoms with Crippen LogP contribution >= 0.6 is 12.4 Å². The Balaban J connectivity index is 0.00000162. The molecule has 2 aliphatic heterocycles. The van der Waals surface area contributed by atoms with E-state index in [0.717, 1.165) is 12.8 Å². The lowest BCUT2D eigenvalue weighted by Crippen LogP contribution is -2.44. The van der Waals surface area contributed by atoms with E-state index >= 15 is 0 Å². The van der Waals surface area contributed by atoms with Crippen LogP contribution in [0.3, 0.4) is 0 Å². The molecule has 2 heterocycles. The number of fused-ring (bicyclic) bond motifs is 2. The van der Waals surface area contributed by atoms with Crippen molar-refractivity contribution in [2.24, 2.45) is 0 Å². The molecule has 2 saturated heterocycles. The van der Waals surface area contributed by atoms with Crippen LogP contribution < -0.4 is 5.32 Å². The maximum absolute atomic E-state index is 12.3. The Bertz CT molecular complexity index is 363. The highest BCUT2D eigenvalue weighted by molar-refractivity contribution is 7.89. The zero-order valence-corrected chi connectivity index (χ0v) is 12.6. The first-order valence-corrected chi connectivity index (χ1v) is 7.78. The Morgan fingerprint density at radius 2 is 2.00 bits per heavy atom. The lowest BCUT2D eigenvalue weighted by atomic mass is 10.1. The molecule has 0 radical (unpaired) electrons. The number of nitrogens with zero attached hydrogens (tertiary/aromatic N) is 1. The highest BCUT2D eigenvalue weighted by Gasteiger charge is 2.36. The summed E-state index contributed by atoms with van der Waals surface area (Å²) in [6.07, 6.45) is 3.21. The van der Waals surface area contributed by atoms with Crippen LogP contribution in [-0.2, 0) is 14.8 Å². The van der Waals surface area contributed by atoms with Crippen molar-refractivity contribution in [2.45, 2.75) is 43.5 Å². The molecule has 7 heteroatoms. The van der Waals surface area contributed by atoms with Gasteiger partial charge in [-0.2, -0.15) is 0 Å². The molecule has 2 fully saturated rings. The lowest BCUT2D eigenvalue weighted by molar-refractivity contribution is 0.198. The largest absolute Gasteiger partial charge is 0.383 e. The molecule has 0 amide bonds. The van der Waals surface area contributed by atoms with E-state index in [1.54, 1.807) is 11.2 Å². The van der Waals surface area contributed by atoms with Gasteiger partial charge in [-0.15, -0.1) is 12.4 Å². The number of methoxy groups -OCH3 is 1. The fourth-order valence-electron chi connectivity index (χ4n) is 2.72. The van der Waals surface area contributed by atoms with Crippen molar-refractivity contribution in [3.8, 4) is 0 Å². The van der Waals surface area contributed by atoms with Gasteiger partial charge in [0.25, 0.3) is 0 Å². The summed E-state index contributed by atoms with van der Waals surface area (Å²) in [6, 6.07) is 0.852. The third-order valence-electron chi connectivity index (χ3n) is 3.76. The molecule has 0 aromatic rings. The average Bonchev–Trinajstić information content (AvgIpc) is 2.58. The Kier molecular flexibility index (Phi) is 5.86. The summed E-state index contributed by atoms with van der Waals surface area (Å²) in [7, 11) is -1.66. The third-order valence-corrected chi connectivity index (χ3v) is 5.96. The van der Waals surface area contributed by atoms with Gasteiger partial charge in [-0.05, 0) is 26.2 Å². The lowest BCUT2D eigenvalue weighted by Gasteiger charge is -2.26. The molecule has 0 aromatic carbocycles. The first kappa shape index (κ1) is 16.2. The van der Waals surface area contributed by atoms with Crippen LogP contribution in [0.4, 0.5) is 0 Å². The van der Waals surface area contributed by atoms with E-state index in [1.165, 1.54) is 13.5 Å². The van der Waals surface area contributed by atoms with Crippen LogP contribution in [0, 0.1) is 0 Å². The number of nitrogens with one attached hydrogen (secondary N) is 1. The predicted molar refractivity (Wildman–Crippen MR) is 73.6 cm³/mol. The van der Waals surface area contributed by atoms with Crippen LogP contribution in [0.15, 0.2) is 0 Å². The van der Waals surface area contributed by atoms with Gasteiger partial charge in [0.2, 0.25) is 10.0 Å². The molecule has 0 aromatic heterocycles. The number of sulfonamides is 1. The maximum atomic E-state index is 12.3. The first-order chi connectivity index (χ1) is 8.04. The Morgan fingerprint density at radius 1 is 1.33 bits per heavy atom. The standard InChI is InChI=1S/C11H22N2O3S.ClH/c1-9(8-16-2)17(14,15)13-6-5-10-3-4-11(7-13)12-10;/h9-12H,3-8H2,1-2H3;1H. The van der Waals surface area contributed by atoms with Gasteiger partial charge in [0.05, 0.1) is 11.9 Å². The molecule has 2 rings (SSSR count). The van der Waals surface area contributed by atoms with Gasteiger partial charge in [0, 0.05) is 32.3 Å². The maximum Gasteiger partial charge on any atom is 0.219 e. The highest BCUT2D eigenvalue weighted by atomic mass is 35.5. The molecule has 0 saturated carbocycles. The van der Waals surface area contributed by atoms with Gasteiger partial charge in [-0.25, -0.2) is 12.7 Å². The van der Waals surface area contributed by atoms with Gasteiger partial charge in [0.1, 0.15) is 0 Å². The van der Waals surface area contributed by atoms with Gasteiger partial charge in [-0.3, -0.25) is 0 Å². The second-order valence-corrected chi connectivity index (χ2v) is 7.45.